The number of carbonyl (C=O) groups is 1. The van der Waals surface area contributed by atoms with Gasteiger partial charge in [0, 0.05) is 39.3 Å². The molecule has 2 aliphatic heterocycles. The first-order chi connectivity index (χ1) is 13.6. The third kappa shape index (κ3) is 3.98. The number of amides is 1. The van der Waals surface area contributed by atoms with E-state index in [2.05, 4.69) is 16.9 Å². The van der Waals surface area contributed by atoms with Crippen LogP contribution in [0, 0.1) is 5.92 Å². The molecule has 6 heteroatoms. The molecule has 0 N–H and O–H groups in total. The number of hydrogen-bond donors (Lipinski definition) is 0. The summed E-state index contributed by atoms with van der Waals surface area (Å²) in [5.41, 5.74) is 2.59. The Hall–Kier alpha value is -2.18. The molecule has 1 amide bonds. The molecule has 1 aromatic carbocycles. The van der Waals surface area contributed by atoms with E-state index in [1.807, 2.05) is 48.3 Å². The van der Waals surface area contributed by atoms with E-state index in [0.29, 0.717) is 17.7 Å². The van der Waals surface area contributed by atoms with Gasteiger partial charge in [-0.15, -0.1) is 0 Å². The van der Waals surface area contributed by atoms with Crippen LogP contribution < -0.4 is 0 Å². The first-order valence-corrected chi connectivity index (χ1v) is 10.3. The maximum absolute atomic E-state index is 13.0. The average Bonchev–Trinajstić information content (AvgIpc) is 3.15. The monoisotopic (exact) mass is 382 g/mol. The van der Waals surface area contributed by atoms with Crippen molar-refractivity contribution in [3.05, 3.63) is 42.1 Å². The van der Waals surface area contributed by atoms with Crippen molar-refractivity contribution in [2.75, 3.05) is 39.4 Å². The molecule has 2 saturated heterocycles. The van der Waals surface area contributed by atoms with Gasteiger partial charge in [-0.05, 0) is 37.3 Å². The van der Waals surface area contributed by atoms with Crippen LogP contribution >= 0.6 is 0 Å². The smallest absolute Gasteiger partial charge is 0.274 e. The van der Waals surface area contributed by atoms with Crippen LogP contribution in [0.4, 0.5) is 0 Å². The third-order valence-corrected chi connectivity index (χ3v) is 6.30. The molecule has 150 valence electrons. The maximum atomic E-state index is 13.0. The van der Waals surface area contributed by atoms with Gasteiger partial charge in [0.2, 0.25) is 0 Å². The molecule has 2 aromatic rings. The Balaban J connectivity index is 1.38. The van der Waals surface area contributed by atoms with Gasteiger partial charge in [0.15, 0.2) is 5.69 Å². The fourth-order valence-corrected chi connectivity index (χ4v) is 4.48. The zero-order valence-corrected chi connectivity index (χ0v) is 16.9. The minimum Gasteiger partial charge on any atom is -0.379 e. The first kappa shape index (κ1) is 19.2. The van der Waals surface area contributed by atoms with Crippen molar-refractivity contribution in [2.45, 2.75) is 25.8 Å². The van der Waals surface area contributed by atoms with Crippen LogP contribution in [-0.4, -0.2) is 70.9 Å². The quantitative estimate of drug-likeness (QED) is 0.816. The standard InChI is InChI=1S/C22H30N4O2/c1-17(25-12-14-28-15-13-25)18-8-10-26(11-9-18)22(27)20-16-21(24(2)23-20)19-6-4-3-5-7-19/h3-7,16-18H,8-15H2,1-2H3. The van der Waals surface area contributed by atoms with E-state index in [0.717, 1.165) is 63.5 Å². The van der Waals surface area contributed by atoms with Crippen LogP contribution in [0.2, 0.25) is 0 Å². The lowest BCUT2D eigenvalue weighted by Gasteiger charge is -2.40. The van der Waals surface area contributed by atoms with Crippen LogP contribution in [0.1, 0.15) is 30.3 Å². The molecule has 4 rings (SSSR count). The van der Waals surface area contributed by atoms with Crippen molar-refractivity contribution in [1.29, 1.82) is 0 Å². The van der Waals surface area contributed by atoms with Gasteiger partial charge in [0.25, 0.3) is 5.91 Å². The lowest BCUT2D eigenvalue weighted by Crippen LogP contribution is -2.49. The Kier molecular flexibility index (Phi) is 5.78. The number of aromatic nitrogens is 2. The van der Waals surface area contributed by atoms with Gasteiger partial charge in [-0.1, -0.05) is 30.3 Å². The predicted octanol–water partition coefficient (Wildman–Crippen LogP) is 2.66. The molecule has 2 aliphatic rings. The zero-order valence-electron chi connectivity index (χ0n) is 16.9. The summed E-state index contributed by atoms with van der Waals surface area (Å²) >= 11 is 0. The van der Waals surface area contributed by atoms with Crippen molar-refractivity contribution < 1.29 is 9.53 Å². The molecule has 28 heavy (non-hydrogen) atoms. The summed E-state index contributed by atoms with van der Waals surface area (Å²) in [6.07, 6.45) is 2.12. The number of ether oxygens (including phenoxy) is 1. The highest BCUT2D eigenvalue weighted by Crippen LogP contribution is 2.26. The van der Waals surface area contributed by atoms with E-state index in [4.69, 9.17) is 4.74 Å². The van der Waals surface area contributed by atoms with Crippen LogP contribution in [0.5, 0.6) is 0 Å². The zero-order chi connectivity index (χ0) is 19.5. The number of morpholine rings is 1. The summed E-state index contributed by atoms with van der Waals surface area (Å²) in [6.45, 7) is 7.69. The second-order valence-corrected chi connectivity index (χ2v) is 7.92. The summed E-state index contributed by atoms with van der Waals surface area (Å²) in [5, 5.41) is 4.49. The molecule has 0 aliphatic carbocycles. The van der Waals surface area contributed by atoms with Gasteiger partial charge in [0.1, 0.15) is 0 Å². The first-order valence-electron chi connectivity index (χ1n) is 10.3. The van der Waals surface area contributed by atoms with E-state index < -0.39 is 0 Å². The second kappa shape index (κ2) is 8.45. The molecule has 0 bridgehead atoms. The molecule has 1 aromatic heterocycles. The number of nitrogens with zero attached hydrogens (tertiary/aromatic N) is 4. The number of aryl methyl sites for hydroxylation is 1. The van der Waals surface area contributed by atoms with Gasteiger partial charge in [-0.25, -0.2) is 0 Å². The van der Waals surface area contributed by atoms with E-state index in [1.54, 1.807) is 4.68 Å². The van der Waals surface area contributed by atoms with Gasteiger partial charge in [-0.2, -0.15) is 5.10 Å². The molecule has 1 atom stereocenters. The summed E-state index contributed by atoms with van der Waals surface area (Å²) < 4.78 is 7.28. The SMILES string of the molecule is CC(C1CCN(C(=O)c2cc(-c3ccccc3)n(C)n2)CC1)N1CCOCC1. The van der Waals surface area contributed by atoms with Crippen molar-refractivity contribution in [2.24, 2.45) is 13.0 Å². The number of hydrogen-bond acceptors (Lipinski definition) is 4. The van der Waals surface area contributed by atoms with Gasteiger partial charge in [-0.3, -0.25) is 14.4 Å². The largest absolute Gasteiger partial charge is 0.379 e. The topological polar surface area (TPSA) is 50.6 Å². The van der Waals surface area contributed by atoms with E-state index in [-0.39, 0.29) is 5.91 Å². The molecule has 2 fully saturated rings. The van der Waals surface area contributed by atoms with Crippen molar-refractivity contribution >= 4 is 5.91 Å². The molecular weight excluding hydrogens is 352 g/mol. The summed E-state index contributed by atoms with van der Waals surface area (Å²) in [4.78, 5) is 17.5. The summed E-state index contributed by atoms with van der Waals surface area (Å²) in [5.74, 6) is 0.695. The average molecular weight is 383 g/mol. The van der Waals surface area contributed by atoms with E-state index in [1.165, 1.54) is 0 Å². The number of likely N-dealkylation sites (tertiary alicyclic amines) is 1. The molecule has 0 spiro atoms. The Morgan fingerprint density at radius 2 is 1.79 bits per heavy atom. The van der Waals surface area contributed by atoms with E-state index >= 15 is 0 Å². The highest BCUT2D eigenvalue weighted by Gasteiger charge is 2.31. The Morgan fingerprint density at radius 3 is 2.46 bits per heavy atom. The molecule has 3 heterocycles. The summed E-state index contributed by atoms with van der Waals surface area (Å²) in [6, 6.07) is 12.6. The Morgan fingerprint density at radius 1 is 1.11 bits per heavy atom. The number of piperidine rings is 1. The number of carbonyl (C=O) groups excluding carboxylic acids is 1. The van der Waals surface area contributed by atoms with E-state index in [9.17, 15) is 4.79 Å². The maximum Gasteiger partial charge on any atom is 0.274 e. The Bertz CT molecular complexity index is 790. The molecule has 0 radical (unpaired) electrons. The lowest BCUT2D eigenvalue weighted by molar-refractivity contribution is -0.000990. The Labute approximate surface area is 167 Å². The van der Waals surface area contributed by atoms with Crippen molar-refractivity contribution in [3.8, 4) is 11.3 Å². The van der Waals surface area contributed by atoms with Crippen LogP contribution in [0.3, 0.4) is 0 Å². The van der Waals surface area contributed by atoms with Crippen molar-refractivity contribution in [1.82, 2.24) is 19.6 Å². The van der Waals surface area contributed by atoms with Gasteiger partial charge in [0.05, 0.1) is 18.9 Å². The van der Waals surface area contributed by atoms with Crippen LogP contribution in [-0.2, 0) is 11.8 Å². The molecule has 6 nitrogen and oxygen atoms in total. The third-order valence-electron chi connectivity index (χ3n) is 6.30. The minimum absolute atomic E-state index is 0.0512. The summed E-state index contributed by atoms with van der Waals surface area (Å²) in [7, 11) is 1.90. The van der Waals surface area contributed by atoms with Gasteiger partial charge < -0.3 is 9.64 Å². The second-order valence-electron chi connectivity index (χ2n) is 7.92. The molecule has 0 saturated carbocycles. The van der Waals surface area contributed by atoms with Crippen LogP contribution in [0.15, 0.2) is 36.4 Å². The fourth-order valence-electron chi connectivity index (χ4n) is 4.48. The minimum atomic E-state index is 0.0512. The number of rotatable bonds is 4. The predicted molar refractivity (Wildman–Crippen MR) is 109 cm³/mol. The van der Waals surface area contributed by atoms with Gasteiger partial charge >= 0.3 is 0 Å². The highest BCUT2D eigenvalue weighted by atomic mass is 16.5. The molecule has 1 unspecified atom stereocenters. The normalized spacial score (nSPS) is 20.3. The van der Waals surface area contributed by atoms with Crippen LogP contribution in [0.25, 0.3) is 11.3 Å². The molecular formula is C22H30N4O2. The fraction of sp³-hybridized carbons (Fsp3) is 0.545. The lowest BCUT2D eigenvalue weighted by atomic mass is 9.89. The highest BCUT2D eigenvalue weighted by molar-refractivity contribution is 5.93. The van der Waals surface area contributed by atoms with Crippen molar-refractivity contribution in [3.63, 3.8) is 0 Å². The number of benzene rings is 1.